The fourth-order valence-electron chi connectivity index (χ4n) is 2.37. The molecule has 1 aromatic carbocycles. The molecule has 1 fully saturated rings. The van der Waals surface area contributed by atoms with E-state index in [1.54, 1.807) is 0 Å². The van der Waals surface area contributed by atoms with Crippen molar-refractivity contribution in [2.45, 2.75) is 44.9 Å². The Bertz CT molecular complexity index is 376. The Hall–Kier alpha value is -1.06. The van der Waals surface area contributed by atoms with Gasteiger partial charge in [0.15, 0.2) is 0 Å². The maximum absolute atomic E-state index is 9.29. The number of aliphatic hydroxyl groups is 1. The van der Waals surface area contributed by atoms with E-state index in [2.05, 4.69) is 19.2 Å². The van der Waals surface area contributed by atoms with Gasteiger partial charge < -0.3 is 15.2 Å². The Kier molecular flexibility index (Phi) is 3.69. The highest BCUT2D eigenvalue weighted by atomic mass is 16.5. The van der Waals surface area contributed by atoms with E-state index in [1.165, 1.54) is 0 Å². The third-order valence-electron chi connectivity index (χ3n) is 3.24. The molecule has 1 unspecified atom stereocenters. The Labute approximate surface area is 103 Å². The fraction of sp³-hybridized carbons (Fsp3) is 0.571. The van der Waals surface area contributed by atoms with Gasteiger partial charge >= 0.3 is 0 Å². The van der Waals surface area contributed by atoms with Crippen molar-refractivity contribution < 1.29 is 9.84 Å². The molecule has 1 atom stereocenters. The zero-order valence-corrected chi connectivity index (χ0v) is 10.6. The minimum Gasteiger partial charge on any atom is -0.392 e. The average Bonchev–Trinajstić information content (AvgIpc) is 2.28. The molecular weight excluding hydrogens is 214 g/mol. The van der Waals surface area contributed by atoms with Crippen molar-refractivity contribution in [3.63, 3.8) is 0 Å². The molecule has 17 heavy (non-hydrogen) atoms. The second-order valence-electron chi connectivity index (χ2n) is 5.26. The van der Waals surface area contributed by atoms with Crippen LogP contribution in [0.4, 0.5) is 5.69 Å². The Morgan fingerprint density at radius 1 is 1.41 bits per heavy atom. The Morgan fingerprint density at radius 2 is 2.18 bits per heavy atom. The number of hydrogen-bond acceptors (Lipinski definition) is 3. The first-order chi connectivity index (χ1) is 8.11. The summed E-state index contributed by atoms with van der Waals surface area (Å²) < 4.78 is 5.70. The zero-order chi connectivity index (χ0) is 12.3. The summed E-state index contributed by atoms with van der Waals surface area (Å²) in [4.78, 5) is 0. The molecule has 1 heterocycles. The lowest BCUT2D eigenvalue weighted by atomic mass is 9.93. The molecule has 94 valence electrons. The molecule has 0 radical (unpaired) electrons. The highest BCUT2D eigenvalue weighted by Gasteiger charge is 2.28. The summed E-state index contributed by atoms with van der Waals surface area (Å²) in [6, 6.07) is 8.34. The molecule has 0 amide bonds. The topological polar surface area (TPSA) is 41.5 Å². The van der Waals surface area contributed by atoms with Gasteiger partial charge in [0.2, 0.25) is 0 Å². The van der Waals surface area contributed by atoms with Crippen LogP contribution in [-0.2, 0) is 11.3 Å². The predicted octanol–water partition coefficient (Wildman–Crippen LogP) is 2.55. The van der Waals surface area contributed by atoms with Crippen molar-refractivity contribution >= 4 is 5.69 Å². The largest absolute Gasteiger partial charge is 0.392 e. The van der Waals surface area contributed by atoms with Crippen molar-refractivity contribution in [2.24, 2.45) is 0 Å². The Morgan fingerprint density at radius 3 is 2.88 bits per heavy atom. The second kappa shape index (κ2) is 5.07. The standard InChI is InChI=1S/C14H21NO2/c1-14(2)9-12(7-8-17-14)15-13-6-4-3-5-11(13)10-16/h3-6,12,15-16H,7-10H2,1-2H3. The number of rotatable bonds is 3. The molecule has 0 aliphatic carbocycles. The van der Waals surface area contributed by atoms with Crippen LogP contribution in [0, 0.1) is 0 Å². The van der Waals surface area contributed by atoms with Crippen LogP contribution < -0.4 is 5.32 Å². The van der Waals surface area contributed by atoms with Crippen molar-refractivity contribution in [1.29, 1.82) is 0 Å². The lowest BCUT2D eigenvalue weighted by Gasteiger charge is -2.36. The van der Waals surface area contributed by atoms with E-state index in [0.29, 0.717) is 6.04 Å². The van der Waals surface area contributed by atoms with Gasteiger partial charge in [0.1, 0.15) is 0 Å². The third-order valence-corrected chi connectivity index (χ3v) is 3.24. The minimum atomic E-state index is -0.0515. The maximum atomic E-state index is 9.29. The van der Waals surface area contributed by atoms with Gasteiger partial charge in [0.05, 0.1) is 12.2 Å². The molecule has 2 rings (SSSR count). The number of anilines is 1. The number of para-hydroxylation sites is 1. The van der Waals surface area contributed by atoms with Crippen LogP contribution in [0.1, 0.15) is 32.3 Å². The molecule has 1 aliphatic heterocycles. The molecule has 0 bridgehead atoms. The number of aliphatic hydroxyl groups excluding tert-OH is 1. The average molecular weight is 235 g/mol. The van der Waals surface area contributed by atoms with Gasteiger partial charge in [-0.25, -0.2) is 0 Å². The zero-order valence-electron chi connectivity index (χ0n) is 10.6. The van der Waals surface area contributed by atoms with Crippen LogP contribution in [-0.4, -0.2) is 23.4 Å². The van der Waals surface area contributed by atoms with Crippen molar-refractivity contribution in [3.05, 3.63) is 29.8 Å². The van der Waals surface area contributed by atoms with Crippen LogP contribution in [0.5, 0.6) is 0 Å². The first kappa shape index (κ1) is 12.4. The van der Waals surface area contributed by atoms with Gasteiger partial charge in [-0.05, 0) is 32.8 Å². The van der Waals surface area contributed by atoms with Crippen molar-refractivity contribution in [3.8, 4) is 0 Å². The molecule has 1 aliphatic rings. The quantitative estimate of drug-likeness (QED) is 0.846. The highest BCUT2D eigenvalue weighted by Crippen LogP contribution is 2.27. The van der Waals surface area contributed by atoms with Crippen LogP contribution in [0.2, 0.25) is 0 Å². The van der Waals surface area contributed by atoms with E-state index < -0.39 is 0 Å². The Balaban J connectivity index is 2.05. The van der Waals surface area contributed by atoms with E-state index in [9.17, 15) is 5.11 Å². The van der Waals surface area contributed by atoms with Gasteiger partial charge in [0, 0.05) is 23.9 Å². The summed E-state index contributed by atoms with van der Waals surface area (Å²) in [5.74, 6) is 0. The predicted molar refractivity (Wildman–Crippen MR) is 69.0 cm³/mol. The molecule has 0 saturated carbocycles. The molecule has 3 heteroatoms. The summed E-state index contributed by atoms with van der Waals surface area (Å²) >= 11 is 0. The number of hydrogen-bond donors (Lipinski definition) is 2. The summed E-state index contributed by atoms with van der Waals surface area (Å²) in [7, 11) is 0. The van der Waals surface area contributed by atoms with E-state index in [0.717, 1.165) is 30.7 Å². The molecule has 0 spiro atoms. The third kappa shape index (κ3) is 3.20. The smallest absolute Gasteiger partial charge is 0.0701 e. The molecular formula is C14H21NO2. The SMILES string of the molecule is CC1(C)CC(Nc2ccccc2CO)CCO1. The van der Waals surface area contributed by atoms with E-state index >= 15 is 0 Å². The maximum Gasteiger partial charge on any atom is 0.0701 e. The van der Waals surface area contributed by atoms with Crippen LogP contribution in [0.15, 0.2) is 24.3 Å². The van der Waals surface area contributed by atoms with Gasteiger partial charge in [-0.15, -0.1) is 0 Å². The number of ether oxygens (including phenoxy) is 1. The summed E-state index contributed by atoms with van der Waals surface area (Å²) in [6.45, 7) is 5.12. The van der Waals surface area contributed by atoms with Crippen molar-refractivity contribution in [2.75, 3.05) is 11.9 Å². The molecule has 1 saturated heterocycles. The van der Waals surface area contributed by atoms with Crippen LogP contribution in [0.25, 0.3) is 0 Å². The summed E-state index contributed by atoms with van der Waals surface area (Å²) in [6.07, 6.45) is 2.01. The number of nitrogens with one attached hydrogen (secondary N) is 1. The highest BCUT2D eigenvalue weighted by molar-refractivity contribution is 5.51. The van der Waals surface area contributed by atoms with Crippen LogP contribution >= 0.6 is 0 Å². The van der Waals surface area contributed by atoms with Gasteiger partial charge in [-0.3, -0.25) is 0 Å². The first-order valence-corrected chi connectivity index (χ1v) is 6.20. The lowest BCUT2D eigenvalue weighted by molar-refractivity contribution is -0.0553. The van der Waals surface area contributed by atoms with Gasteiger partial charge in [0.25, 0.3) is 0 Å². The van der Waals surface area contributed by atoms with E-state index in [1.807, 2.05) is 24.3 Å². The molecule has 2 N–H and O–H groups in total. The molecule has 3 nitrogen and oxygen atoms in total. The van der Waals surface area contributed by atoms with Crippen LogP contribution in [0.3, 0.4) is 0 Å². The molecule has 0 aromatic heterocycles. The normalized spacial score (nSPS) is 23.4. The van der Waals surface area contributed by atoms with Crippen molar-refractivity contribution in [1.82, 2.24) is 0 Å². The van der Waals surface area contributed by atoms with E-state index in [4.69, 9.17) is 4.74 Å². The summed E-state index contributed by atoms with van der Waals surface area (Å²) in [5.41, 5.74) is 1.94. The molecule has 1 aromatic rings. The fourth-order valence-corrected chi connectivity index (χ4v) is 2.37. The first-order valence-electron chi connectivity index (χ1n) is 6.20. The summed E-state index contributed by atoms with van der Waals surface area (Å²) in [5, 5.41) is 12.8. The lowest BCUT2D eigenvalue weighted by Crippen LogP contribution is -2.40. The number of benzene rings is 1. The van der Waals surface area contributed by atoms with E-state index in [-0.39, 0.29) is 12.2 Å². The second-order valence-corrected chi connectivity index (χ2v) is 5.26. The van der Waals surface area contributed by atoms with Gasteiger partial charge in [-0.1, -0.05) is 18.2 Å². The van der Waals surface area contributed by atoms with Gasteiger partial charge in [-0.2, -0.15) is 0 Å². The minimum absolute atomic E-state index is 0.0515. The monoisotopic (exact) mass is 235 g/mol.